The van der Waals surface area contributed by atoms with Gasteiger partial charge < -0.3 is 99.5 Å². The van der Waals surface area contributed by atoms with Gasteiger partial charge in [-0.15, -0.1) is 0 Å². The monoisotopic (exact) mass is 2060 g/mol. The molecule has 0 bridgehead atoms. The van der Waals surface area contributed by atoms with Crippen molar-refractivity contribution in [1.29, 1.82) is 5.41 Å². The molecule has 5 aromatic rings. The maximum atomic E-state index is 15.5. The van der Waals surface area contributed by atoms with Crippen molar-refractivity contribution in [3.63, 3.8) is 0 Å². The molecule has 8 rings (SSSR count). The second-order valence-electron chi connectivity index (χ2n) is 36.3. The Morgan fingerprint density at radius 2 is 1.14 bits per heavy atom. The first-order valence-electron chi connectivity index (χ1n) is 48.1. The normalized spacial score (nSPS) is 19.9. The first-order valence-corrected chi connectivity index (χ1v) is 49.2. The Labute approximate surface area is 827 Å². The van der Waals surface area contributed by atoms with E-state index in [1.54, 1.807) is 51.2 Å². The number of aromatic nitrogens is 3. The number of guanidine groups is 1. The Kier molecular flexibility index (Phi) is 47.8. The number of rotatable bonds is 46. The summed E-state index contributed by atoms with van der Waals surface area (Å²) in [7, 11) is 2.74. The highest BCUT2D eigenvalue weighted by molar-refractivity contribution is 14.1. The van der Waals surface area contributed by atoms with Gasteiger partial charge in [0, 0.05) is 182 Å². The van der Waals surface area contributed by atoms with E-state index in [-0.39, 0.29) is 219 Å². The third kappa shape index (κ3) is 40.1. The van der Waals surface area contributed by atoms with Gasteiger partial charge in [0.2, 0.25) is 65.0 Å². The van der Waals surface area contributed by atoms with Gasteiger partial charge in [0.15, 0.2) is 5.96 Å². The van der Waals surface area contributed by atoms with Gasteiger partial charge in [-0.05, 0) is 141 Å². The predicted molar refractivity (Wildman–Crippen MR) is 525 cm³/mol. The van der Waals surface area contributed by atoms with Crippen LogP contribution >= 0.6 is 22.6 Å². The second kappa shape index (κ2) is 59.2. The lowest BCUT2D eigenvalue weighted by molar-refractivity contribution is -0.145. The van der Waals surface area contributed by atoms with E-state index in [1.165, 1.54) is 26.6 Å². The standard InChI is InChI=1S/C96H139IN22O21/c1-4-5-21-64(50-70(121)57-115-39-35-67(36-40-115)106-89(134)73(108-90(135)74(33-34-83(124)125)107-81(122)28-16-20-62-29-31-66(97)32-30-62)25-11-7-10-22-69(120)56-116-41-43-117(58-84(126)127)45-47-119(60-86(130)131)48-46-118(44-42-116)59-85(128)129)88(133)109-76-53-82(123)102-37-15-14-26-79(87(98)132)113(2)95(140)78(51-65-54-104-72-24-13-12-23-71(65)72)112-93(138)80(27-17-38-103-96(99)100)114(3)94(139)77(49-63-18-8-6-9-19-63)111-91(136)75(110-92(76)137)52-68-55-101-61-105-68/h6,8-9,12-13,18-19,23-24,29-32,54-55,61,64,67,73-80,104H,4-5,7,10-11,14-17,20-22,25-28,33-53,56-60H2,1-3H3,(H2,98,132)(H,101,105)(H,102,123)(H,106,134)(H,107,122)(H,108,135)(H,109,133)(H,110,137)(H,111,136)(H,112,138)(H,124,125)(H,126,127)(H,128,129)(H,130,131)(H4,99,100,103)/t64-,73+,74+,75+,76+,77-,78+,79+,80+/m1/s1. The number of carbonyl (C=O) groups is 17. The summed E-state index contributed by atoms with van der Waals surface area (Å²) in [4.78, 5) is 259. The fraction of sp³-hybridized carbons (Fsp3) is 0.573. The number of aliphatic carboxylic acids is 4. The molecule has 3 fully saturated rings. The first-order chi connectivity index (χ1) is 67.0. The van der Waals surface area contributed by atoms with E-state index < -0.39 is 162 Å². The van der Waals surface area contributed by atoms with Crippen LogP contribution in [0.15, 0.2) is 97.6 Å². The first kappa shape index (κ1) is 113. The molecule has 3 saturated heterocycles. The molecular formula is C96H139IN22O21. The number of likely N-dealkylation sites (N-methyl/N-ethyl adjacent to an activating group) is 2. The summed E-state index contributed by atoms with van der Waals surface area (Å²) in [5.74, 6) is -15.0. The largest absolute Gasteiger partial charge is 0.481 e. The highest BCUT2D eigenvalue weighted by Crippen LogP contribution is 2.25. The van der Waals surface area contributed by atoms with Crippen molar-refractivity contribution in [3.05, 3.63) is 124 Å². The maximum Gasteiger partial charge on any atom is 0.317 e. The number of fused-ring (bicyclic) bond motifs is 1. The number of hydrogen-bond acceptors (Lipinski definition) is 24. The Balaban J connectivity index is 0.977. The number of unbranched alkanes of at least 4 members (excludes halogenated alkanes) is 3. The fourth-order valence-electron chi connectivity index (χ4n) is 17.5. The Bertz CT molecular complexity index is 4930. The Morgan fingerprint density at radius 3 is 1.75 bits per heavy atom. The molecule has 0 radical (unpaired) electrons. The number of primary amides is 1. The number of benzene rings is 3. The van der Waals surface area contributed by atoms with E-state index in [0.717, 1.165) is 29.8 Å². The van der Waals surface area contributed by atoms with Gasteiger partial charge >= 0.3 is 23.9 Å². The van der Waals surface area contributed by atoms with Crippen LogP contribution in [0.2, 0.25) is 0 Å². The average Bonchev–Trinajstić information content (AvgIpc) is 1.56. The van der Waals surface area contributed by atoms with E-state index in [2.05, 4.69) is 85.4 Å². The number of aryl methyl sites for hydroxylation is 1. The molecule has 3 aliphatic heterocycles. The number of Topliss-reactive ketones (excluding diaryl/α,β-unsaturated/α-hetero) is 2. The number of likely N-dealkylation sites (tertiary alicyclic amines) is 1. The van der Waals surface area contributed by atoms with E-state index >= 15 is 28.8 Å². The number of piperidine rings is 1. The summed E-state index contributed by atoms with van der Waals surface area (Å²) < 4.78 is 1.03. The number of para-hydroxylation sites is 1. The van der Waals surface area contributed by atoms with Crippen LogP contribution in [0.4, 0.5) is 0 Å². The van der Waals surface area contributed by atoms with Crippen LogP contribution in [0, 0.1) is 14.9 Å². The lowest BCUT2D eigenvalue weighted by atomic mass is 9.94. The number of nitrogens with two attached hydrogens (primary N) is 2. The smallest absolute Gasteiger partial charge is 0.317 e. The zero-order valence-corrected chi connectivity index (χ0v) is 82.2. The van der Waals surface area contributed by atoms with Crippen molar-refractivity contribution in [2.75, 3.05) is 125 Å². The van der Waals surface area contributed by atoms with Crippen molar-refractivity contribution in [3.8, 4) is 0 Å². The number of halogens is 1. The maximum absolute atomic E-state index is 15.5. The van der Waals surface area contributed by atoms with E-state index in [0.29, 0.717) is 74.6 Å². The molecule has 5 heterocycles. The molecule has 20 N–H and O–H groups in total. The van der Waals surface area contributed by atoms with Gasteiger partial charge in [0.1, 0.15) is 59.9 Å². The van der Waals surface area contributed by atoms with Crippen LogP contribution in [0.3, 0.4) is 0 Å². The van der Waals surface area contributed by atoms with Gasteiger partial charge in [-0.25, -0.2) is 4.98 Å². The molecular weight excluding hydrogens is 1920 g/mol. The molecule has 2 aromatic heterocycles. The van der Waals surface area contributed by atoms with Crippen LogP contribution in [-0.2, 0) is 107 Å². The second-order valence-corrected chi connectivity index (χ2v) is 37.5. The van der Waals surface area contributed by atoms with Crippen LogP contribution < -0.4 is 59.3 Å². The summed E-state index contributed by atoms with van der Waals surface area (Å²) in [5.41, 5.74) is 15.0. The Hall–Kier alpha value is -12.4. The zero-order chi connectivity index (χ0) is 102. The number of nitrogens with one attached hydrogen (secondary N) is 12. The van der Waals surface area contributed by atoms with Gasteiger partial charge in [-0.3, -0.25) is 111 Å². The van der Waals surface area contributed by atoms with E-state index in [1.807, 2.05) is 65.3 Å². The predicted octanol–water partition coefficient (Wildman–Crippen LogP) is 0.754. The SMILES string of the molecule is CCCC[C@H](CC(=O)CN1CCC(NC(=O)[C@H](CCCCCC(=O)CN2CCN(CC(=O)O)CCN(CC(=O)O)CCN(CC(=O)O)CC2)NC(=O)[C@H](CCC(=O)O)NC(=O)CCCc2ccc(I)cc2)CC1)C(=O)N[C@H]1CC(=O)NCCCC[C@@H](C(N)=O)N(C)C(=O)[C@H](Cc2c[nH]c3ccccc23)NC(=O)[C@H](CCCNC(=N)N)N(C)C(=O)[C@@H](Cc2ccccc2)NC(=O)[C@H](Cc2cnc[nH]2)NC1=O. The zero-order valence-electron chi connectivity index (χ0n) is 80.0. The van der Waals surface area contributed by atoms with Crippen LogP contribution in [0.25, 0.3) is 10.9 Å². The summed E-state index contributed by atoms with van der Waals surface area (Å²) in [5, 5.41) is 72.7. The van der Waals surface area contributed by atoms with E-state index in [9.17, 15) is 73.2 Å². The number of hydrogen-bond donors (Lipinski definition) is 18. The molecule has 0 aliphatic carbocycles. The molecule has 0 unspecified atom stereocenters. The molecule has 766 valence electrons. The topological polar surface area (TPSA) is 622 Å². The molecule has 0 spiro atoms. The van der Waals surface area contributed by atoms with Crippen LogP contribution in [-0.4, -0.2) is 356 Å². The lowest BCUT2D eigenvalue weighted by Crippen LogP contribution is -2.61. The molecule has 9 atom stereocenters. The molecule has 140 heavy (non-hydrogen) atoms. The highest BCUT2D eigenvalue weighted by Gasteiger charge is 2.41. The summed E-state index contributed by atoms with van der Waals surface area (Å²) in [6.07, 6.45) is 6.34. The molecule has 3 aliphatic rings. The van der Waals surface area contributed by atoms with Gasteiger partial charge in [0.25, 0.3) is 0 Å². The van der Waals surface area contributed by atoms with Crippen LogP contribution in [0.1, 0.15) is 164 Å². The minimum Gasteiger partial charge on any atom is -0.481 e. The number of aromatic amines is 2. The lowest BCUT2D eigenvalue weighted by Gasteiger charge is -2.34. The fourth-order valence-corrected chi connectivity index (χ4v) is 17.9. The number of ketones is 2. The third-order valence-corrected chi connectivity index (χ3v) is 26.1. The molecule has 0 saturated carbocycles. The number of amides is 11. The summed E-state index contributed by atoms with van der Waals surface area (Å²) in [6.45, 7) is 2.85. The van der Waals surface area contributed by atoms with Gasteiger partial charge in [-0.1, -0.05) is 93.3 Å². The summed E-state index contributed by atoms with van der Waals surface area (Å²) >= 11 is 2.19. The number of imidazole rings is 1. The number of H-pyrrole nitrogens is 2. The number of carboxylic acid groups (broad SMARTS) is 4. The highest BCUT2D eigenvalue weighted by atomic mass is 127. The van der Waals surface area contributed by atoms with Crippen molar-refractivity contribution < 1.29 is 102 Å². The quantitative estimate of drug-likeness (QED) is 0.0111. The Morgan fingerprint density at radius 1 is 0.543 bits per heavy atom. The minimum absolute atomic E-state index is 0.00239. The third-order valence-electron chi connectivity index (χ3n) is 25.4. The minimum atomic E-state index is -1.73. The van der Waals surface area contributed by atoms with Crippen molar-refractivity contribution in [2.45, 2.75) is 222 Å². The average molecular weight is 2060 g/mol. The molecule has 44 heteroatoms. The number of carbonyl (C=O) groups excluding carboxylic acids is 13. The van der Waals surface area contributed by atoms with Gasteiger partial charge in [0.05, 0.1) is 45.5 Å². The van der Waals surface area contributed by atoms with Gasteiger partial charge in [-0.2, -0.15) is 0 Å². The summed E-state index contributed by atoms with van der Waals surface area (Å²) in [6, 6.07) is 11.8. The van der Waals surface area contributed by atoms with Crippen molar-refractivity contribution in [2.24, 2.45) is 17.4 Å². The number of nitrogens with zero attached hydrogens (tertiary/aromatic N) is 8. The molecule has 43 nitrogen and oxygen atoms in total. The van der Waals surface area contributed by atoms with Crippen molar-refractivity contribution >= 4 is 140 Å². The van der Waals surface area contributed by atoms with Crippen LogP contribution in [0.5, 0.6) is 0 Å². The molecule has 3 aromatic carbocycles. The van der Waals surface area contributed by atoms with Crippen molar-refractivity contribution in [1.82, 2.24) is 97.1 Å². The molecule has 11 amide bonds. The number of carboxylic acids is 4. The van der Waals surface area contributed by atoms with E-state index in [4.69, 9.17) is 16.9 Å².